The molecule has 2 atom stereocenters. The fraction of sp³-hybridized carbons (Fsp3) is 0.571. The third kappa shape index (κ3) is 3.72. The maximum atomic E-state index is 9.47. The molecule has 0 fully saturated rings. The number of anilines is 1. The van der Waals surface area contributed by atoms with Crippen molar-refractivity contribution in [2.45, 2.75) is 32.9 Å². The van der Waals surface area contributed by atoms with Crippen LogP contribution in [0.5, 0.6) is 0 Å². The first kappa shape index (κ1) is 14.0. The molecule has 1 aromatic carbocycles. The Labute approximate surface area is 104 Å². The number of likely N-dealkylation sites (N-methyl/N-ethyl adjacent to an activating group) is 1. The number of aliphatic hydroxyl groups is 1. The quantitative estimate of drug-likeness (QED) is 0.825. The number of rotatable bonds is 6. The number of benzene rings is 1. The van der Waals surface area contributed by atoms with Crippen LogP contribution in [0.15, 0.2) is 24.3 Å². The molecule has 0 aliphatic rings. The predicted molar refractivity (Wildman–Crippen MR) is 71.4 cm³/mol. The van der Waals surface area contributed by atoms with Crippen molar-refractivity contribution in [2.75, 3.05) is 25.2 Å². The fourth-order valence-electron chi connectivity index (χ4n) is 2.02. The van der Waals surface area contributed by atoms with Crippen molar-refractivity contribution < 1.29 is 9.84 Å². The minimum atomic E-state index is -0.407. The van der Waals surface area contributed by atoms with Crippen LogP contribution >= 0.6 is 0 Å². The summed E-state index contributed by atoms with van der Waals surface area (Å²) in [6.45, 7) is 7.72. The molecule has 96 valence electrons. The Bertz CT molecular complexity index is 321. The van der Waals surface area contributed by atoms with Gasteiger partial charge in [0.1, 0.15) is 0 Å². The second kappa shape index (κ2) is 6.62. The van der Waals surface area contributed by atoms with Gasteiger partial charge in [0.15, 0.2) is 0 Å². The van der Waals surface area contributed by atoms with Crippen molar-refractivity contribution in [3.8, 4) is 0 Å². The lowest BCUT2D eigenvalue weighted by Gasteiger charge is -2.30. The van der Waals surface area contributed by atoms with Crippen molar-refractivity contribution in [3.63, 3.8) is 0 Å². The average molecular weight is 237 g/mol. The SMILES string of the molecule is CCN(c1ccc([C@@H](C)O)cc1)C(C)COC. The lowest BCUT2D eigenvalue weighted by molar-refractivity contribution is 0.182. The van der Waals surface area contributed by atoms with Crippen LogP contribution in [0.1, 0.15) is 32.4 Å². The van der Waals surface area contributed by atoms with Crippen LogP contribution in [0.4, 0.5) is 5.69 Å². The van der Waals surface area contributed by atoms with E-state index in [2.05, 4.69) is 30.9 Å². The van der Waals surface area contributed by atoms with Crippen molar-refractivity contribution in [1.82, 2.24) is 0 Å². The van der Waals surface area contributed by atoms with Crippen molar-refractivity contribution in [3.05, 3.63) is 29.8 Å². The molecule has 0 spiro atoms. The zero-order chi connectivity index (χ0) is 12.8. The molecular formula is C14H23NO2. The third-order valence-corrected chi connectivity index (χ3v) is 2.99. The van der Waals surface area contributed by atoms with Crippen LogP contribution in [0.3, 0.4) is 0 Å². The van der Waals surface area contributed by atoms with Crippen molar-refractivity contribution in [2.24, 2.45) is 0 Å². The molecule has 1 rings (SSSR count). The summed E-state index contributed by atoms with van der Waals surface area (Å²) in [7, 11) is 1.72. The highest BCUT2D eigenvalue weighted by molar-refractivity contribution is 5.48. The van der Waals surface area contributed by atoms with Gasteiger partial charge < -0.3 is 14.7 Å². The standard InChI is InChI=1S/C14H23NO2/c1-5-15(11(2)10-17-4)14-8-6-13(7-9-14)12(3)16/h6-9,11-12,16H,5,10H2,1-4H3/t11?,12-/m1/s1. The van der Waals surface area contributed by atoms with Gasteiger partial charge in [-0.1, -0.05) is 12.1 Å². The van der Waals surface area contributed by atoms with E-state index in [-0.39, 0.29) is 0 Å². The molecule has 0 aliphatic heterocycles. The Morgan fingerprint density at radius 2 is 1.82 bits per heavy atom. The Balaban J connectivity index is 2.82. The number of ether oxygens (including phenoxy) is 1. The van der Waals surface area contributed by atoms with Gasteiger partial charge in [-0.25, -0.2) is 0 Å². The zero-order valence-corrected chi connectivity index (χ0v) is 11.2. The predicted octanol–water partition coefficient (Wildman–Crippen LogP) is 2.60. The Hall–Kier alpha value is -1.06. The van der Waals surface area contributed by atoms with Gasteiger partial charge >= 0.3 is 0 Å². The highest BCUT2D eigenvalue weighted by atomic mass is 16.5. The van der Waals surface area contributed by atoms with Crippen LogP contribution in [0.2, 0.25) is 0 Å². The summed E-state index contributed by atoms with van der Waals surface area (Å²) in [6.07, 6.45) is -0.407. The van der Waals surface area contributed by atoms with Gasteiger partial charge in [-0.15, -0.1) is 0 Å². The zero-order valence-electron chi connectivity index (χ0n) is 11.2. The fourth-order valence-corrected chi connectivity index (χ4v) is 2.02. The minimum Gasteiger partial charge on any atom is -0.389 e. The molecule has 0 saturated heterocycles. The van der Waals surface area contributed by atoms with Crippen molar-refractivity contribution >= 4 is 5.69 Å². The van der Waals surface area contributed by atoms with E-state index in [1.54, 1.807) is 14.0 Å². The van der Waals surface area contributed by atoms with Gasteiger partial charge in [-0.2, -0.15) is 0 Å². The van der Waals surface area contributed by atoms with E-state index in [9.17, 15) is 5.11 Å². The molecule has 3 heteroatoms. The summed E-state index contributed by atoms with van der Waals surface area (Å²) in [5, 5.41) is 9.47. The van der Waals surface area contributed by atoms with Crippen LogP contribution < -0.4 is 4.90 Å². The first-order chi connectivity index (χ1) is 8.10. The van der Waals surface area contributed by atoms with Gasteiger partial charge in [0.2, 0.25) is 0 Å². The number of hydrogen-bond donors (Lipinski definition) is 1. The molecule has 1 unspecified atom stereocenters. The molecule has 0 aromatic heterocycles. The normalized spacial score (nSPS) is 14.4. The number of hydrogen-bond acceptors (Lipinski definition) is 3. The Kier molecular flexibility index (Phi) is 5.45. The van der Waals surface area contributed by atoms with Crippen LogP contribution in [-0.2, 0) is 4.74 Å². The van der Waals surface area contributed by atoms with E-state index in [4.69, 9.17) is 4.74 Å². The Morgan fingerprint density at radius 1 is 1.24 bits per heavy atom. The average Bonchev–Trinajstić information content (AvgIpc) is 2.31. The first-order valence-corrected chi connectivity index (χ1v) is 6.13. The van der Waals surface area contributed by atoms with Gasteiger partial charge in [-0.3, -0.25) is 0 Å². The highest BCUT2D eigenvalue weighted by Crippen LogP contribution is 2.20. The lowest BCUT2D eigenvalue weighted by Crippen LogP contribution is -2.36. The van der Waals surface area contributed by atoms with Crippen LogP contribution in [0.25, 0.3) is 0 Å². The van der Waals surface area contributed by atoms with E-state index in [0.29, 0.717) is 12.6 Å². The summed E-state index contributed by atoms with van der Waals surface area (Å²) in [5.41, 5.74) is 2.12. The third-order valence-electron chi connectivity index (χ3n) is 2.99. The maximum absolute atomic E-state index is 9.47. The van der Waals surface area contributed by atoms with E-state index >= 15 is 0 Å². The van der Waals surface area contributed by atoms with E-state index in [1.807, 2.05) is 12.1 Å². The van der Waals surface area contributed by atoms with Crippen molar-refractivity contribution in [1.29, 1.82) is 0 Å². The number of nitrogens with zero attached hydrogens (tertiary/aromatic N) is 1. The van der Waals surface area contributed by atoms with Gasteiger partial charge in [-0.05, 0) is 38.5 Å². The summed E-state index contributed by atoms with van der Waals surface area (Å²) >= 11 is 0. The molecule has 0 radical (unpaired) electrons. The first-order valence-electron chi connectivity index (χ1n) is 6.13. The second-order valence-electron chi connectivity index (χ2n) is 4.36. The molecule has 0 aliphatic carbocycles. The highest BCUT2D eigenvalue weighted by Gasteiger charge is 2.12. The van der Waals surface area contributed by atoms with E-state index < -0.39 is 6.10 Å². The summed E-state index contributed by atoms with van der Waals surface area (Å²) in [5.74, 6) is 0. The molecule has 0 bridgehead atoms. The summed E-state index contributed by atoms with van der Waals surface area (Å²) < 4.78 is 5.19. The van der Waals surface area contributed by atoms with Crippen LogP contribution in [0, 0.1) is 0 Å². The van der Waals surface area contributed by atoms with Gasteiger partial charge in [0.05, 0.1) is 12.7 Å². The van der Waals surface area contributed by atoms with Gasteiger partial charge in [0.25, 0.3) is 0 Å². The molecule has 3 nitrogen and oxygen atoms in total. The summed E-state index contributed by atoms with van der Waals surface area (Å²) in [6, 6.07) is 8.40. The molecule has 0 amide bonds. The lowest BCUT2D eigenvalue weighted by atomic mass is 10.1. The second-order valence-corrected chi connectivity index (χ2v) is 4.36. The number of methoxy groups -OCH3 is 1. The Morgan fingerprint density at radius 3 is 2.24 bits per heavy atom. The minimum absolute atomic E-state index is 0.349. The summed E-state index contributed by atoms with van der Waals surface area (Å²) in [4.78, 5) is 2.29. The topological polar surface area (TPSA) is 32.7 Å². The van der Waals surface area contributed by atoms with E-state index in [1.165, 1.54) is 5.69 Å². The monoisotopic (exact) mass is 237 g/mol. The van der Waals surface area contributed by atoms with Crippen LogP contribution in [-0.4, -0.2) is 31.4 Å². The molecular weight excluding hydrogens is 214 g/mol. The smallest absolute Gasteiger partial charge is 0.0761 e. The molecule has 1 aromatic rings. The maximum Gasteiger partial charge on any atom is 0.0761 e. The molecule has 0 heterocycles. The molecule has 0 saturated carbocycles. The molecule has 17 heavy (non-hydrogen) atoms. The largest absolute Gasteiger partial charge is 0.389 e. The van der Waals surface area contributed by atoms with Gasteiger partial charge in [0, 0.05) is 25.4 Å². The molecule has 1 N–H and O–H groups in total. The number of aliphatic hydroxyl groups excluding tert-OH is 1. The van der Waals surface area contributed by atoms with E-state index in [0.717, 1.165) is 12.1 Å².